The third kappa shape index (κ3) is 2.47. The molecule has 0 aromatic carbocycles. The number of hydrogen-bond donors (Lipinski definition) is 1. The predicted octanol–water partition coefficient (Wildman–Crippen LogP) is 1.55. The molecular weight excluding hydrogens is 190 g/mol. The van der Waals surface area contributed by atoms with Crippen LogP contribution in [0.2, 0.25) is 0 Å². The van der Waals surface area contributed by atoms with Crippen molar-refractivity contribution in [3.05, 3.63) is 41.6 Å². The van der Waals surface area contributed by atoms with Gasteiger partial charge in [-0.05, 0) is 32.2 Å². The molecule has 2 heterocycles. The van der Waals surface area contributed by atoms with Gasteiger partial charge in [-0.3, -0.25) is 4.68 Å². The molecule has 2 rings (SSSR count). The first kappa shape index (κ1) is 9.98. The Hall–Kier alpha value is -1.55. The van der Waals surface area contributed by atoms with Gasteiger partial charge in [-0.1, -0.05) is 0 Å². The molecule has 2 aromatic rings. The van der Waals surface area contributed by atoms with E-state index in [4.69, 9.17) is 4.42 Å². The molecule has 0 fully saturated rings. The first-order valence-corrected chi connectivity index (χ1v) is 5.00. The zero-order valence-electron chi connectivity index (χ0n) is 9.03. The zero-order chi connectivity index (χ0) is 10.7. The molecule has 0 saturated heterocycles. The summed E-state index contributed by atoms with van der Waals surface area (Å²) in [5.41, 5.74) is 1.03. The third-order valence-electron chi connectivity index (χ3n) is 2.16. The van der Waals surface area contributed by atoms with E-state index in [2.05, 4.69) is 10.4 Å². The summed E-state index contributed by atoms with van der Waals surface area (Å²) in [5.74, 6) is 1.89. The summed E-state index contributed by atoms with van der Waals surface area (Å²) in [5, 5.41) is 7.35. The van der Waals surface area contributed by atoms with Gasteiger partial charge in [0.2, 0.25) is 0 Å². The average molecular weight is 205 g/mol. The third-order valence-corrected chi connectivity index (χ3v) is 2.16. The molecule has 1 N–H and O–H groups in total. The molecule has 0 spiro atoms. The summed E-state index contributed by atoms with van der Waals surface area (Å²) in [6.45, 7) is 3.43. The lowest BCUT2D eigenvalue weighted by Crippen LogP contribution is -2.03. The van der Waals surface area contributed by atoms with Crippen LogP contribution in [0.4, 0.5) is 0 Å². The highest BCUT2D eigenvalue weighted by molar-refractivity contribution is 5.08. The molecule has 0 atom stereocenters. The van der Waals surface area contributed by atoms with Gasteiger partial charge in [-0.25, -0.2) is 0 Å². The lowest BCUT2D eigenvalue weighted by molar-refractivity contribution is 0.436. The van der Waals surface area contributed by atoms with E-state index in [9.17, 15) is 0 Å². The van der Waals surface area contributed by atoms with Crippen LogP contribution in [0.5, 0.6) is 0 Å². The molecule has 0 aliphatic heterocycles. The first-order valence-electron chi connectivity index (χ1n) is 5.00. The zero-order valence-corrected chi connectivity index (χ0v) is 9.03. The van der Waals surface area contributed by atoms with Gasteiger partial charge in [0.05, 0.1) is 18.8 Å². The Morgan fingerprint density at radius 3 is 2.80 bits per heavy atom. The van der Waals surface area contributed by atoms with Gasteiger partial charge in [0, 0.05) is 6.20 Å². The minimum absolute atomic E-state index is 0.692. The Labute approximate surface area is 88.9 Å². The summed E-state index contributed by atoms with van der Waals surface area (Å²) in [6.07, 6.45) is 1.95. The molecule has 4 nitrogen and oxygen atoms in total. The molecule has 0 amide bonds. The van der Waals surface area contributed by atoms with Crippen LogP contribution >= 0.6 is 0 Å². The molecule has 0 aliphatic rings. The number of hydrogen-bond acceptors (Lipinski definition) is 3. The molecular formula is C11H15N3O. The van der Waals surface area contributed by atoms with E-state index < -0.39 is 0 Å². The van der Waals surface area contributed by atoms with Gasteiger partial charge in [-0.2, -0.15) is 5.10 Å². The van der Waals surface area contributed by atoms with E-state index in [1.165, 1.54) is 0 Å². The topological polar surface area (TPSA) is 43.0 Å². The highest BCUT2D eigenvalue weighted by Crippen LogP contribution is 2.09. The van der Waals surface area contributed by atoms with Crippen molar-refractivity contribution in [1.29, 1.82) is 0 Å². The van der Waals surface area contributed by atoms with Crippen molar-refractivity contribution in [2.75, 3.05) is 7.05 Å². The minimum Gasteiger partial charge on any atom is -0.463 e. The Morgan fingerprint density at radius 1 is 1.33 bits per heavy atom. The van der Waals surface area contributed by atoms with E-state index >= 15 is 0 Å². The second-order valence-corrected chi connectivity index (χ2v) is 3.55. The maximum Gasteiger partial charge on any atom is 0.125 e. The highest BCUT2D eigenvalue weighted by Gasteiger charge is 2.02. The van der Waals surface area contributed by atoms with Crippen molar-refractivity contribution >= 4 is 0 Å². The quantitative estimate of drug-likeness (QED) is 0.823. The lowest BCUT2D eigenvalue weighted by atomic mass is 10.4. The minimum atomic E-state index is 0.692. The second-order valence-electron chi connectivity index (χ2n) is 3.55. The first-order chi connectivity index (χ1) is 7.28. The van der Waals surface area contributed by atoms with Gasteiger partial charge >= 0.3 is 0 Å². The van der Waals surface area contributed by atoms with Crippen LogP contribution < -0.4 is 5.32 Å². The molecule has 0 radical (unpaired) electrons. The van der Waals surface area contributed by atoms with Crippen LogP contribution in [0.3, 0.4) is 0 Å². The molecule has 4 heteroatoms. The summed E-state index contributed by atoms with van der Waals surface area (Å²) in [6, 6.07) is 5.96. The Kier molecular flexibility index (Phi) is 2.87. The monoisotopic (exact) mass is 205 g/mol. The average Bonchev–Trinajstić information content (AvgIpc) is 2.78. The number of aromatic nitrogens is 2. The Balaban J connectivity index is 2.04. The molecule has 0 saturated carbocycles. The van der Waals surface area contributed by atoms with E-state index in [0.29, 0.717) is 6.54 Å². The fourth-order valence-corrected chi connectivity index (χ4v) is 1.49. The Morgan fingerprint density at radius 2 is 2.13 bits per heavy atom. The molecule has 80 valence electrons. The normalized spacial score (nSPS) is 10.8. The maximum atomic E-state index is 5.61. The van der Waals surface area contributed by atoms with Crippen LogP contribution in [0.1, 0.15) is 17.2 Å². The van der Waals surface area contributed by atoms with Crippen LogP contribution in [-0.4, -0.2) is 16.8 Å². The van der Waals surface area contributed by atoms with Crippen LogP contribution in [0.15, 0.2) is 28.8 Å². The maximum absolute atomic E-state index is 5.61. The van der Waals surface area contributed by atoms with Crippen molar-refractivity contribution in [2.24, 2.45) is 0 Å². The summed E-state index contributed by atoms with van der Waals surface area (Å²) in [4.78, 5) is 0. The second kappa shape index (κ2) is 4.31. The van der Waals surface area contributed by atoms with Gasteiger partial charge in [0.15, 0.2) is 0 Å². The van der Waals surface area contributed by atoms with Crippen molar-refractivity contribution in [3.8, 4) is 0 Å². The van der Waals surface area contributed by atoms with E-state index in [1.807, 2.05) is 43.0 Å². The molecule has 0 bridgehead atoms. The standard InChI is InChI=1S/C11H15N3O/c1-9-5-6-14(13-9)8-11-4-3-10(15-11)7-12-2/h3-6,12H,7-8H2,1-2H3. The van der Waals surface area contributed by atoms with Crippen molar-refractivity contribution < 1.29 is 4.42 Å². The molecule has 2 aromatic heterocycles. The van der Waals surface area contributed by atoms with Crippen LogP contribution in [0.25, 0.3) is 0 Å². The number of aryl methyl sites for hydroxylation is 1. The lowest BCUT2D eigenvalue weighted by Gasteiger charge is -1.98. The summed E-state index contributed by atoms with van der Waals surface area (Å²) < 4.78 is 7.49. The van der Waals surface area contributed by atoms with Crippen LogP contribution in [-0.2, 0) is 13.1 Å². The van der Waals surface area contributed by atoms with E-state index in [1.54, 1.807) is 0 Å². The molecule has 15 heavy (non-hydrogen) atoms. The van der Waals surface area contributed by atoms with Crippen molar-refractivity contribution in [2.45, 2.75) is 20.0 Å². The SMILES string of the molecule is CNCc1ccc(Cn2ccc(C)n2)o1. The van der Waals surface area contributed by atoms with Crippen molar-refractivity contribution in [1.82, 2.24) is 15.1 Å². The van der Waals surface area contributed by atoms with E-state index in [0.717, 1.165) is 23.8 Å². The number of furan rings is 1. The molecule has 0 aliphatic carbocycles. The van der Waals surface area contributed by atoms with Gasteiger partial charge < -0.3 is 9.73 Å². The van der Waals surface area contributed by atoms with Gasteiger partial charge in [0.1, 0.15) is 11.5 Å². The number of rotatable bonds is 4. The van der Waals surface area contributed by atoms with Gasteiger partial charge in [-0.15, -0.1) is 0 Å². The number of nitrogens with one attached hydrogen (secondary N) is 1. The Bertz CT molecular complexity index is 430. The largest absolute Gasteiger partial charge is 0.463 e. The van der Waals surface area contributed by atoms with Crippen LogP contribution in [0, 0.1) is 6.92 Å². The molecule has 0 unspecified atom stereocenters. The van der Waals surface area contributed by atoms with Gasteiger partial charge in [0.25, 0.3) is 0 Å². The van der Waals surface area contributed by atoms with Crippen molar-refractivity contribution in [3.63, 3.8) is 0 Å². The fourth-order valence-electron chi connectivity index (χ4n) is 1.49. The fraction of sp³-hybridized carbons (Fsp3) is 0.364. The summed E-state index contributed by atoms with van der Waals surface area (Å²) >= 11 is 0. The smallest absolute Gasteiger partial charge is 0.125 e. The summed E-state index contributed by atoms with van der Waals surface area (Å²) in [7, 11) is 1.90. The highest BCUT2D eigenvalue weighted by atomic mass is 16.3. The predicted molar refractivity (Wildman–Crippen MR) is 57.5 cm³/mol. The van der Waals surface area contributed by atoms with E-state index in [-0.39, 0.29) is 0 Å². The number of nitrogens with zero attached hydrogens (tertiary/aromatic N) is 2.